The Hall–Kier alpha value is -3.14. The molecule has 2 N–H and O–H groups in total. The van der Waals surface area contributed by atoms with Gasteiger partial charge in [-0.3, -0.25) is 0 Å². The van der Waals surface area contributed by atoms with Gasteiger partial charge in [0.2, 0.25) is 10.0 Å². The van der Waals surface area contributed by atoms with Crippen molar-refractivity contribution in [2.75, 3.05) is 38.7 Å². The van der Waals surface area contributed by atoms with E-state index in [4.69, 9.17) is 9.47 Å². The molecule has 5 rings (SSSR count). The number of hydrogen-bond donors (Lipinski definition) is 2. The number of aromatic nitrogens is 2. The quantitative estimate of drug-likeness (QED) is 0.495. The molecule has 9 heteroatoms. The Labute approximate surface area is 179 Å². The number of methoxy groups -OCH3 is 1. The molecule has 1 fully saturated rings. The summed E-state index contributed by atoms with van der Waals surface area (Å²) in [6.07, 6.45) is 1.71. The topological polar surface area (TPSA) is 96.5 Å². The van der Waals surface area contributed by atoms with Crippen LogP contribution in [0.15, 0.2) is 59.6 Å². The third-order valence-electron chi connectivity index (χ3n) is 5.42. The zero-order valence-corrected chi connectivity index (χ0v) is 17.8. The number of fused-ring (bicyclic) bond motifs is 3. The van der Waals surface area contributed by atoms with Gasteiger partial charge in [0.15, 0.2) is 0 Å². The molecule has 0 atom stereocenters. The van der Waals surface area contributed by atoms with E-state index < -0.39 is 10.0 Å². The van der Waals surface area contributed by atoms with Gasteiger partial charge in [-0.15, -0.1) is 0 Å². The van der Waals surface area contributed by atoms with E-state index in [9.17, 15) is 8.42 Å². The molecule has 2 aromatic carbocycles. The van der Waals surface area contributed by atoms with Crippen molar-refractivity contribution in [3.63, 3.8) is 0 Å². The molecule has 4 aromatic rings. The standard InChI is InChI=1S/C22H22N4O4S/c1-29-16-4-2-3-15(13-16)24-20-7-8-23-22-21(20)18-14-17(5-6-19(18)25-22)31(27,28)26-9-11-30-12-10-26/h2-8,13-14H,9-12H2,1H3,(H2,23,24,25). The molecule has 3 heterocycles. The van der Waals surface area contributed by atoms with Gasteiger partial charge in [0.25, 0.3) is 0 Å². The molecule has 0 bridgehead atoms. The number of morpholine rings is 1. The number of benzene rings is 2. The van der Waals surface area contributed by atoms with Gasteiger partial charge in [0.1, 0.15) is 11.4 Å². The number of H-pyrrole nitrogens is 1. The lowest BCUT2D eigenvalue weighted by atomic mass is 10.1. The summed E-state index contributed by atoms with van der Waals surface area (Å²) in [4.78, 5) is 7.98. The molecule has 0 aliphatic carbocycles. The molecule has 0 unspecified atom stereocenters. The van der Waals surface area contributed by atoms with E-state index in [1.165, 1.54) is 4.31 Å². The highest BCUT2D eigenvalue weighted by molar-refractivity contribution is 7.89. The van der Waals surface area contributed by atoms with Crippen molar-refractivity contribution in [2.45, 2.75) is 4.90 Å². The Kier molecular flexibility index (Phi) is 5.01. The Morgan fingerprint density at radius 3 is 2.77 bits per heavy atom. The highest BCUT2D eigenvalue weighted by Gasteiger charge is 2.27. The SMILES string of the molecule is COc1cccc(Nc2ccnc3[nH]c4ccc(S(=O)(=O)N5CCOCC5)cc4c23)c1. The second-order valence-electron chi connectivity index (χ2n) is 7.29. The summed E-state index contributed by atoms with van der Waals surface area (Å²) in [5.41, 5.74) is 3.19. The van der Waals surface area contributed by atoms with Crippen molar-refractivity contribution in [1.82, 2.24) is 14.3 Å². The van der Waals surface area contributed by atoms with Crippen LogP contribution in [-0.2, 0) is 14.8 Å². The number of anilines is 2. The van der Waals surface area contributed by atoms with Crippen molar-refractivity contribution >= 4 is 43.3 Å². The Morgan fingerprint density at radius 1 is 1.13 bits per heavy atom. The lowest BCUT2D eigenvalue weighted by Gasteiger charge is -2.26. The van der Waals surface area contributed by atoms with Crippen molar-refractivity contribution in [1.29, 1.82) is 0 Å². The number of rotatable bonds is 5. The van der Waals surface area contributed by atoms with Crippen LogP contribution in [0.2, 0.25) is 0 Å². The molecule has 1 saturated heterocycles. The number of nitrogens with one attached hydrogen (secondary N) is 2. The van der Waals surface area contributed by atoms with E-state index in [1.54, 1.807) is 31.5 Å². The van der Waals surface area contributed by atoms with E-state index in [2.05, 4.69) is 15.3 Å². The van der Waals surface area contributed by atoms with Crippen LogP contribution < -0.4 is 10.1 Å². The molecule has 0 radical (unpaired) electrons. The summed E-state index contributed by atoms with van der Waals surface area (Å²) in [7, 11) is -1.97. The number of ether oxygens (including phenoxy) is 2. The summed E-state index contributed by atoms with van der Waals surface area (Å²) in [6, 6.07) is 14.6. The molecular weight excluding hydrogens is 416 g/mol. The maximum Gasteiger partial charge on any atom is 0.243 e. The summed E-state index contributed by atoms with van der Waals surface area (Å²) in [5, 5.41) is 5.03. The van der Waals surface area contributed by atoms with Gasteiger partial charge >= 0.3 is 0 Å². The van der Waals surface area contributed by atoms with Crippen LogP contribution >= 0.6 is 0 Å². The molecule has 0 spiro atoms. The van der Waals surface area contributed by atoms with Crippen molar-refractivity contribution in [3.05, 3.63) is 54.7 Å². The van der Waals surface area contributed by atoms with E-state index >= 15 is 0 Å². The van der Waals surface area contributed by atoms with Crippen molar-refractivity contribution in [2.24, 2.45) is 0 Å². The van der Waals surface area contributed by atoms with E-state index in [1.807, 2.05) is 30.3 Å². The fraction of sp³-hybridized carbons (Fsp3) is 0.227. The van der Waals surface area contributed by atoms with Gasteiger partial charge in [-0.05, 0) is 36.4 Å². The van der Waals surface area contributed by atoms with Crippen LogP contribution in [0, 0.1) is 0 Å². The molecule has 0 amide bonds. The Morgan fingerprint density at radius 2 is 1.97 bits per heavy atom. The lowest BCUT2D eigenvalue weighted by Crippen LogP contribution is -2.40. The normalized spacial score (nSPS) is 15.4. The number of nitrogens with zero attached hydrogens (tertiary/aromatic N) is 2. The monoisotopic (exact) mass is 438 g/mol. The van der Waals surface area contributed by atoms with Crippen LogP contribution in [0.3, 0.4) is 0 Å². The first-order valence-electron chi connectivity index (χ1n) is 9.96. The number of sulfonamides is 1. The zero-order valence-electron chi connectivity index (χ0n) is 17.0. The van der Waals surface area contributed by atoms with E-state index in [0.717, 1.165) is 33.4 Å². The van der Waals surface area contributed by atoms with Crippen molar-refractivity contribution < 1.29 is 17.9 Å². The molecular formula is C22H22N4O4S. The minimum atomic E-state index is -3.60. The van der Waals surface area contributed by atoms with E-state index in [-0.39, 0.29) is 4.90 Å². The van der Waals surface area contributed by atoms with Crippen LogP contribution in [0.5, 0.6) is 5.75 Å². The third-order valence-corrected chi connectivity index (χ3v) is 7.32. The minimum absolute atomic E-state index is 0.263. The smallest absolute Gasteiger partial charge is 0.243 e. The Bertz CT molecular complexity index is 1360. The largest absolute Gasteiger partial charge is 0.497 e. The van der Waals surface area contributed by atoms with Gasteiger partial charge in [-0.2, -0.15) is 4.31 Å². The molecule has 160 valence electrons. The van der Waals surface area contributed by atoms with Gasteiger partial charge < -0.3 is 19.8 Å². The summed E-state index contributed by atoms with van der Waals surface area (Å²) >= 11 is 0. The lowest BCUT2D eigenvalue weighted by molar-refractivity contribution is 0.0730. The second kappa shape index (κ2) is 7.84. The first kappa shape index (κ1) is 19.8. The predicted molar refractivity (Wildman–Crippen MR) is 119 cm³/mol. The fourth-order valence-electron chi connectivity index (χ4n) is 3.85. The zero-order chi connectivity index (χ0) is 21.4. The second-order valence-corrected chi connectivity index (χ2v) is 9.23. The van der Waals surface area contributed by atoms with Gasteiger partial charge in [0.05, 0.1) is 36.3 Å². The molecule has 2 aromatic heterocycles. The highest BCUT2D eigenvalue weighted by Crippen LogP contribution is 2.34. The number of pyridine rings is 1. The average molecular weight is 439 g/mol. The molecule has 1 aliphatic heterocycles. The summed E-state index contributed by atoms with van der Waals surface area (Å²) in [5.74, 6) is 0.744. The third kappa shape index (κ3) is 3.60. The van der Waals surface area contributed by atoms with Crippen LogP contribution in [0.1, 0.15) is 0 Å². The fourth-order valence-corrected chi connectivity index (χ4v) is 5.29. The minimum Gasteiger partial charge on any atom is -0.497 e. The van der Waals surface area contributed by atoms with Gasteiger partial charge in [-0.1, -0.05) is 6.07 Å². The van der Waals surface area contributed by atoms with Crippen molar-refractivity contribution in [3.8, 4) is 5.75 Å². The first-order chi connectivity index (χ1) is 15.1. The van der Waals surface area contributed by atoms with Crippen LogP contribution in [-0.4, -0.2) is 56.1 Å². The molecule has 31 heavy (non-hydrogen) atoms. The van der Waals surface area contributed by atoms with Crippen LogP contribution in [0.4, 0.5) is 11.4 Å². The molecule has 8 nitrogen and oxygen atoms in total. The average Bonchev–Trinajstić information content (AvgIpc) is 3.18. The van der Waals surface area contributed by atoms with E-state index in [0.29, 0.717) is 32.0 Å². The number of aromatic amines is 1. The summed E-state index contributed by atoms with van der Waals surface area (Å²) < 4.78 is 38.4. The Balaban J connectivity index is 1.61. The first-order valence-corrected chi connectivity index (χ1v) is 11.4. The number of hydrogen-bond acceptors (Lipinski definition) is 6. The van der Waals surface area contributed by atoms with Crippen LogP contribution in [0.25, 0.3) is 21.9 Å². The molecule has 0 saturated carbocycles. The predicted octanol–water partition coefficient (Wildman–Crippen LogP) is 3.49. The molecule has 1 aliphatic rings. The highest BCUT2D eigenvalue weighted by atomic mass is 32.2. The van der Waals surface area contributed by atoms with Gasteiger partial charge in [0, 0.05) is 41.9 Å². The van der Waals surface area contributed by atoms with Gasteiger partial charge in [-0.25, -0.2) is 13.4 Å². The summed E-state index contributed by atoms with van der Waals surface area (Å²) in [6.45, 7) is 1.54. The maximum absolute atomic E-state index is 13.2. The maximum atomic E-state index is 13.2.